The van der Waals surface area contributed by atoms with Crippen molar-refractivity contribution in [1.29, 1.82) is 0 Å². The maximum Gasteiger partial charge on any atom is 0.252 e. The molecule has 1 heterocycles. The van der Waals surface area contributed by atoms with Crippen molar-refractivity contribution in [3.8, 4) is 0 Å². The number of carbonyl (C=O) groups is 2. The van der Waals surface area contributed by atoms with Gasteiger partial charge in [0.25, 0.3) is 5.91 Å². The number of amides is 2. The van der Waals surface area contributed by atoms with Crippen LogP contribution in [-0.4, -0.2) is 28.3 Å². The molecule has 0 spiro atoms. The molecule has 0 fully saturated rings. The number of nitrogens with zero attached hydrogens (tertiary/aromatic N) is 1. The number of rotatable bonds is 5. The second-order valence-electron chi connectivity index (χ2n) is 4.02. The smallest absolute Gasteiger partial charge is 0.252 e. The van der Waals surface area contributed by atoms with Gasteiger partial charge in [0.2, 0.25) is 5.91 Å². The summed E-state index contributed by atoms with van der Waals surface area (Å²) in [5.41, 5.74) is 1.30. The van der Waals surface area contributed by atoms with Crippen molar-refractivity contribution in [2.45, 2.75) is 6.54 Å². The first-order valence-electron chi connectivity index (χ1n) is 5.93. The number of hydrogen-bond donors (Lipinski definition) is 3. The average Bonchev–Trinajstić information content (AvgIpc) is 2.96. The molecule has 1 aromatic heterocycles. The predicted octanol–water partition coefficient (Wildman–Crippen LogP) is 1.22. The third-order valence-corrected chi connectivity index (χ3v) is 3.25. The molecule has 7 heteroatoms. The third kappa shape index (κ3) is 3.92. The number of imidazole rings is 1. The minimum Gasteiger partial charge on any atom is -0.349 e. The Labute approximate surface area is 124 Å². The van der Waals surface area contributed by atoms with Gasteiger partial charge in [-0.1, -0.05) is 12.1 Å². The zero-order valence-corrected chi connectivity index (χ0v) is 12.1. The van der Waals surface area contributed by atoms with E-state index in [0.29, 0.717) is 16.6 Å². The Morgan fingerprint density at radius 1 is 1.25 bits per heavy atom. The number of benzene rings is 1. The lowest BCUT2D eigenvalue weighted by atomic mass is 10.2. The van der Waals surface area contributed by atoms with Gasteiger partial charge < -0.3 is 15.6 Å². The fourth-order valence-electron chi connectivity index (χ4n) is 1.54. The van der Waals surface area contributed by atoms with Crippen LogP contribution in [0.3, 0.4) is 0 Å². The number of aromatic nitrogens is 2. The van der Waals surface area contributed by atoms with Gasteiger partial charge in [-0.2, -0.15) is 0 Å². The molecule has 0 radical (unpaired) electrons. The van der Waals surface area contributed by atoms with Crippen LogP contribution in [0.5, 0.6) is 0 Å². The molecule has 0 atom stereocenters. The Morgan fingerprint density at radius 3 is 2.75 bits per heavy atom. The van der Waals surface area contributed by atoms with Gasteiger partial charge in [0.15, 0.2) is 0 Å². The number of halogens is 1. The average molecular weight is 337 g/mol. The van der Waals surface area contributed by atoms with Gasteiger partial charge >= 0.3 is 0 Å². The fraction of sp³-hybridized carbons (Fsp3) is 0.154. The highest BCUT2D eigenvalue weighted by molar-refractivity contribution is 9.10. The van der Waals surface area contributed by atoms with Crippen LogP contribution in [0.2, 0.25) is 0 Å². The highest BCUT2D eigenvalue weighted by Crippen LogP contribution is 2.15. The molecule has 0 aliphatic heterocycles. The molecule has 0 saturated carbocycles. The minimum atomic E-state index is -0.297. The SMILES string of the molecule is O=C(CNC(=O)c1ccccc1Br)NCc1cnc[nH]1. The van der Waals surface area contributed by atoms with Crippen LogP contribution in [-0.2, 0) is 11.3 Å². The number of hydrogen-bond acceptors (Lipinski definition) is 3. The second kappa shape index (κ2) is 6.85. The van der Waals surface area contributed by atoms with E-state index in [0.717, 1.165) is 5.69 Å². The van der Waals surface area contributed by atoms with E-state index in [9.17, 15) is 9.59 Å². The normalized spacial score (nSPS) is 10.1. The molecule has 6 nitrogen and oxygen atoms in total. The summed E-state index contributed by atoms with van der Waals surface area (Å²) < 4.78 is 0.690. The summed E-state index contributed by atoms with van der Waals surface area (Å²) in [5.74, 6) is -0.561. The minimum absolute atomic E-state index is 0.0751. The van der Waals surface area contributed by atoms with E-state index in [-0.39, 0.29) is 18.4 Å². The van der Waals surface area contributed by atoms with Gasteiger partial charge in [0.1, 0.15) is 0 Å². The van der Waals surface area contributed by atoms with Crippen LogP contribution in [0.1, 0.15) is 16.1 Å². The van der Waals surface area contributed by atoms with Crippen molar-refractivity contribution in [3.63, 3.8) is 0 Å². The molecule has 0 bridgehead atoms. The summed E-state index contributed by atoms with van der Waals surface area (Å²) in [5, 5.41) is 5.23. The molecule has 0 saturated heterocycles. The van der Waals surface area contributed by atoms with Gasteiger partial charge in [-0.25, -0.2) is 4.98 Å². The van der Waals surface area contributed by atoms with Crippen molar-refractivity contribution in [3.05, 3.63) is 52.5 Å². The zero-order valence-electron chi connectivity index (χ0n) is 10.5. The summed E-state index contributed by atoms with van der Waals surface area (Å²) in [6.45, 7) is 0.276. The Kier molecular flexibility index (Phi) is 4.89. The number of H-pyrrole nitrogens is 1. The maximum atomic E-state index is 11.9. The first kappa shape index (κ1) is 14.3. The van der Waals surface area contributed by atoms with Gasteiger partial charge in [-0.15, -0.1) is 0 Å². The molecular formula is C13H13BrN4O2. The van der Waals surface area contributed by atoms with Crippen molar-refractivity contribution in [2.24, 2.45) is 0 Å². The lowest BCUT2D eigenvalue weighted by Gasteiger charge is -2.07. The zero-order chi connectivity index (χ0) is 14.4. The van der Waals surface area contributed by atoms with E-state index < -0.39 is 0 Å². The standard InChI is InChI=1S/C13H13BrN4O2/c14-11-4-2-1-3-10(11)13(20)17-7-12(19)16-6-9-5-15-8-18-9/h1-5,8H,6-7H2,(H,15,18)(H,16,19)(H,17,20). The van der Waals surface area contributed by atoms with E-state index in [1.165, 1.54) is 6.33 Å². The predicted molar refractivity (Wildman–Crippen MR) is 76.9 cm³/mol. The van der Waals surface area contributed by atoms with E-state index in [1.54, 1.807) is 24.4 Å². The van der Waals surface area contributed by atoms with E-state index in [4.69, 9.17) is 0 Å². The topological polar surface area (TPSA) is 86.9 Å². The highest BCUT2D eigenvalue weighted by atomic mass is 79.9. The van der Waals surface area contributed by atoms with Crippen LogP contribution in [0.4, 0.5) is 0 Å². The molecule has 0 aliphatic carbocycles. The fourth-order valence-corrected chi connectivity index (χ4v) is 2.00. The summed E-state index contributed by atoms with van der Waals surface area (Å²) in [4.78, 5) is 30.2. The van der Waals surface area contributed by atoms with Gasteiger partial charge in [0.05, 0.1) is 30.7 Å². The largest absolute Gasteiger partial charge is 0.349 e. The molecule has 2 amide bonds. The molecule has 0 aliphatic rings. The number of carbonyl (C=O) groups excluding carboxylic acids is 2. The Morgan fingerprint density at radius 2 is 2.05 bits per heavy atom. The maximum absolute atomic E-state index is 11.9. The number of aromatic amines is 1. The lowest BCUT2D eigenvalue weighted by molar-refractivity contribution is -0.120. The van der Waals surface area contributed by atoms with E-state index in [2.05, 4.69) is 36.5 Å². The van der Waals surface area contributed by atoms with Crippen molar-refractivity contribution in [1.82, 2.24) is 20.6 Å². The van der Waals surface area contributed by atoms with Crippen LogP contribution in [0, 0.1) is 0 Å². The van der Waals surface area contributed by atoms with E-state index >= 15 is 0 Å². The molecule has 104 valence electrons. The molecular weight excluding hydrogens is 324 g/mol. The first-order valence-corrected chi connectivity index (χ1v) is 6.73. The third-order valence-electron chi connectivity index (χ3n) is 2.56. The van der Waals surface area contributed by atoms with Gasteiger partial charge in [0, 0.05) is 10.7 Å². The highest BCUT2D eigenvalue weighted by Gasteiger charge is 2.10. The number of nitrogens with one attached hydrogen (secondary N) is 3. The van der Waals surface area contributed by atoms with E-state index in [1.807, 2.05) is 6.07 Å². The Balaban J connectivity index is 1.78. The lowest BCUT2D eigenvalue weighted by Crippen LogP contribution is -2.36. The quantitative estimate of drug-likeness (QED) is 0.767. The molecule has 0 unspecified atom stereocenters. The molecule has 2 rings (SSSR count). The molecule has 20 heavy (non-hydrogen) atoms. The second-order valence-corrected chi connectivity index (χ2v) is 4.87. The monoisotopic (exact) mass is 336 g/mol. The van der Waals surface area contributed by atoms with Crippen LogP contribution < -0.4 is 10.6 Å². The Bertz CT molecular complexity index is 598. The summed E-state index contributed by atoms with van der Waals surface area (Å²) in [6.07, 6.45) is 3.16. The van der Waals surface area contributed by atoms with Crippen LogP contribution >= 0.6 is 15.9 Å². The van der Waals surface area contributed by atoms with Gasteiger partial charge in [-0.05, 0) is 28.1 Å². The molecule has 2 aromatic rings. The van der Waals surface area contributed by atoms with Crippen molar-refractivity contribution >= 4 is 27.7 Å². The van der Waals surface area contributed by atoms with Crippen LogP contribution in [0.15, 0.2) is 41.3 Å². The molecule has 1 aromatic carbocycles. The van der Waals surface area contributed by atoms with Crippen LogP contribution in [0.25, 0.3) is 0 Å². The Hall–Kier alpha value is -2.15. The first-order chi connectivity index (χ1) is 9.66. The summed E-state index contributed by atoms with van der Waals surface area (Å²) in [7, 11) is 0. The summed E-state index contributed by atoms with van der Waals surface area (Å²) in [6, 6.07) is 7.03. The van der Waals surface area contributed by atoms with Crippen molar-refractivity contribution in [2.75, 3.05) is 6.54 Å². The van der Waals surface area contributed by atoms with Gasteiger partial charge in [-0.3, -0.25) is 9.59 Å². The summed E-state index contributed by atoms with van der Waals surface area (Å²) >= 11 is 3.29. The molecule has 3 N–H and O–H groups in total. The van der Waals surface area contributed by atoms with Crippen molar-refractivity contribution < 1.29 is 9.59 Å².